The third-order valence-electron chi connectivity index (χ3n) is 1.66. The van der Waals surface area contributed by atoms with E-state index in [9.17, 15) is 0 Å². The van der Waals surface area contributed by atoms with Gasteiger partial charge in [-0.1, -0.05) is 48.5 Å². The predicted octanol–water partition coefficient (Wildman–Crippen LogP) is 2.88. The van der Waals surface area contributed by atoms with Crippen molar-refractivity contribution in [3.05, 3.63) is 48.5 Å². The molecule has 0 aromatic heterocycles. The van der Waals surface area contributed by atoms with Crippen LogP contribution in [0.1, 0.15) is 6.92 Å². The first kappa shape index (κ1) is 10.3. The number of hydrogen-bond acceptors (Lipinski definition) is 1. The van der Waals surface area contributed by atoms with Crippen LogP contribution in [0.4, 0.5) is 0 Å². The van der Waals surface area contributed by atoms with Crippen LogP contribution in [0.2, 0.25) is 0 Å². The number of hydrogen-bond donors (Lipinski definition) is 1. The summed E-state index contributed by atoms with van der Waals surface area (Å²) in [4.78, 5) is 9.00. The molecule has 0 heterocycles. The van der Waals surface area contributed by atoms with E-state index in [0.29, 0.717) is 0 Å². The molecule has 2 aliphatic rings. The second-order valence-corrected chi connectivity index (χ2v) is 2.87. The van der Waals surface area contributed by atoms with Gasteiger partial charge in [0.1, 0.15) is 0 Å². The molecule has 72 valence electrons. The van der Waals surface area contributed by atoms with E-state index < -0.39 is 5.97 Å². The molecule has 0 amide bonds. The Balaban J connectivity index is 0.000000213. The molecule has 2 nitrogen and oxygen atoms in total. The molecule has 0 atom stereocenters. The number of carboxylic acid groups (broad SMARTS) is 1. The second kappa shape index (κ2) is 5.02. The van der Waals surface area contributed by atoms with Gasteiger partial charge in [0.25, 0.3) is 5.97 Å². The van der Waals surface area contributed by atoms with Crippen LogP contribution in [0.15, 0.2) is 48.5 Å². The Kier molecular flexibility index (Phi) is 3.68. The minimum absolute atomic E-state index is 0.833. The van der Waals surface area contributed by atoms with Crippen molar-refractivity contribution in [3.8, 4) is 11.1 Å². The number of carboxylic acids is 1. The van der Waals surface area contributed by atoms with Crippen molar-refractivity contribution in [1.29, 1.82) is 0 Å². The molecule has 1 N–H and O–H groups in total. The van der Waals surface area contributed by atoms with E-state index in [1.807, 2.05) is 6.07 Å². The largest absolute Gasteiger partial charge is 0.481 e. The fourth-order valence-electron chi connectivity index (χ4n) is 1.13. The molecule has 2 aliphatic carbocycles. The van der Waals surface area contributed by atoms with E-state index in [0.717, 1.165) is 6.92 Å². The summed E-state index contributed by atoms with van der Waals surface area (Å²) in [6.07, 6.45) is 0. The van der Waals surface area contributed by atoms with Gasteiger partial charge < -0.3 is 5.11 Å². The highest BCUT2D eigenvalue weighted by Crippen LogP contribution is 2.19. The molecular formula is C12H12O2. The maximum absolute atomic E-state index is 9.00. The minimum Gasteiger partial charge on any atom is -0.481 e. The van der Waals surface area contributed by atoms with Crippen molar-refractivity contribution < 1.29 is 9.90 Å². The molecule has 0 spiro atoms. The molecule has 0 aromatic rings. The fourth-order valence-corrected chi connectivity index (χ4v) is 1.13. The number of carbonyl (C=O) groups is 1. The molecule has 2 heteroatoms. The quantitative estimate of drug-likeness (QED) is 0.690. The van der Waals surface area contributed by atoms with Gasteiger partial charge in [-0.25, -0.2) is 0 Å². The molecule has 0 unspecified atom stereocenters. The Labute approximate surface area is 83.2 Å². The van der Waals surface area contributed by atoms with Crippen molar-refractivity contribution in [2.75, 3.05) is 0 Å². The fraction of sp³-hybridized carbons (Fsp3) is 0.0833. The molecule has 0 aliphatic heterocycles. The summed E-state index contributed by atoms with van der Waals surface area (Å²) in [5, 5.41) is 7.42. The van der Waals surface area contributed by atoms with Crippen molar-refractivity contribution in [1.82, 2.24) is 0 Å². The van der Waals surface area contributed by atoms with Crippen LogP contribution in [-0.2, 0) is 4.79 Å². The summed E-state index contributed by atoms with van der Waals surface area (Å²) in [7, 11) is 0. The lowest BCUT2D eigenvalue weighted by Crippen LogP contribution is -1.78. The first-order chi connectivity index (χ1) is 6.70. The van der Waals surface area contributed by atoms with Gasteiger partial charge in [-0.2, -0.15) is 0 Å². The van der Waals surface area contributed by atoms with Gasteiger partial charge in [-0.05, 0) is 11.1 Å². The Morgan fingerprint density at radius 1 is 0.929 bits per heavy atom. The molecular weight excluding hydrogens is 176 g/mol. The first-order valence-corrected chi connectivity index (χ1v) is 4.33. The van der Waals surface area contributed by atoms with Crippen molar-refractivity contribution in [2.24, 2.45) is 0 Å². The summed E-state index contributed by atoms with van der Waals surface area (Å²) >= 11 is 0. The van der Waals surface area contributed by atoms with Crippen LogP contribution in [-0.4, -0.2) is 11.1 Å². The third-order valence-corrected chi connectivity index (χ3v) is 1.66. The average Bonchev–Trinajstić information content (AvgIpc) is 2.42. The molecule has 14 heavy (non-hydrogen) atoms. The second-order valence-electron chi connectivity index (χ2n) is 2.87. The van der Waals surface area contributed by atoms with Crippen molar-refractivity contribution in [3.63, 3.8) is 0 Å². The predicted molar refractivity (Wildman–Crippen MR) is 56.4 cm³/mol. The normalized spacial score (nSPS) is 8.93. The Bertz CT molecular complexity index is 350. The van der Waals surface area contributed by atoms with Gasteiger partial charge in [-0.3, -0.25) is 4.79 Å². The molecule has 0 saturated heterocycles. The maximum atomic E-state index is 9.00. The van der Waals surface area contributed by atoms with Crippen LogP contribution < -0.4 is 0 Å². The lowest BCUT2D eigenvalue weighted by atomic mass is 10.2. The topological polar surface area (TPSA) is 37.3 Å². The third kappa shape index (κ3) is 3.27. The van der Waals surface area contributed by atoms with E-state index in [2.05, 4.69) is 42.5 Å². The summed E-state index contributed by atoms with van der Waals surface area (Å²) in [5.74, 6) is -0.833. The number of fused-ring (bicyclic) bond motifs is 1. The minimum atomic E-state index is -0.833. The van der Waals surface area contributed by atoms with Crippen LogP contribution in [0, 0.1) is 0 Å². The SMILES string of the molecule is CC(=O)O.c1ccc2cccc-2cc1. The highest BCUT2D eigenvalue weighted by molar-refractivity contribution is 5.65. The summed E-state index contributed by atoms with van der Waals surface area (Å²) in [5.41, 5.74) is 2.62. The van der Waals surface area contributed by atoms with E-state index in [-0.39, 0.29) is 0 Å². The molecule has 0 saturated carbocycles. The zero-order valence-electron chi connectivity index (χ0n) is 7.97. The van der Waals surface area contributed by atoms with Crippen molar-refractivity contribution in [2.45, 2.75) is 6.92 Å². The molecule has 0 radical (unpaired) electrons. The smallest absolute Gasteiger partial charge is 0.300 e. The summed E-state index contributed by atoms with van der Waals surface area (Å²) in [6, 6.07) is 16.7. The zero-order valence-corrected chi connectivity index (χ0v) is 7.97. The summed E-state index contributed by atoms with van der Waals surface area (Å²) in [6.45, 7) is 1.08. The Morgan fingerprint density at radius 3 is 1.71 bits per heavy atom. The number of aliphatic carboxylic acids is 1. The van der Waals surface area contributed by atoms with Crippen molar-refractivity contribution >= 4 is 5.97 Å². The Hall–Kier alpha value is -1.83. The molecule has 0 aromatic carbocycles. The highest BCUT2D eigenvalue weighted by Gasteiger charge is 1.94. The van der Waals surface area contributed by atoms with Gasteiger partial charge in [0.15, 0.2) is 0 Å². The molecule has 0 bridgehead atoms. The first-order valence-electron chi connectivity index (χ1n) is 4.33. The van der Waals surface area contributed by atoms with Gasteiger partial charge in [-0.15, -0.1) is 0 Å². The maximum Gasteiger partial charge on any atom is 0.300 e. The lowest BCUT2D eigenvalue weighted by molar-refractivity contribution is -0.134. The van der Waals surface area contributed by atoms with Crippen LogP contribution in [0.25, 0.3) is 11.1 Å². The van der Waals surface area contributed by atoms with Gasteiger partial charge >= 0.3 is 0 Å². The average molecular weight is 188 g/mol. The Morgan fingerprint density at radius 2 is 1.29 bits per heavy atom. The standard InChI is InChI=1S/C10H8.C2H4O2/c1-2-5-9-7-4-8-10(9)6-3-1;1-2(3)4/h1-8H;1H3,(H,3,4). The van der Waals surface area contributed by atoms with Gasteiger partial charge in [0, 0.05) is 6.92 Å². The van der Waals surface area contributed by atoms with E-state index in [1.165, 1.54) is 11.1 Å². The van der Waals surface area contributed by atoms with Gasteiger partial charge in [0.05, 0.1) is 0 Å². The number of rotatable bonds is 0. The van der Waals surface area contributed by atoms with Crippen LogP contribution in [0.5, 0.6) is 0 Å². The van der Waals surface area contributed by atoms with Gasteiger partial charge in [0.2, 0.25) is 0 Å². The van der Waals surface area contributed by atoms with E-state index in [4.69, 9.17) is 9.90 Å². The van der Waals surface area contributed by atoms with E-state index in [1.54, 1.807) is 0 Å². The zero-order chi connectivity index (χ0) is 10.4. The molecule has 2 rings (SSSR count). The highest BCUT2D eigenvalue weighted by atomic mass is 16.4. The monoisotopic (exact) mass is 188 g/mol. The van der Waals surface area contributed by atoms with Crippen LogP contribution in [0.3, 0.4) is 0 Å². The molecule has 0 fully saturated rings. The summed E-state index contributed by atoms with van der Waals surface area (Å²) < 4.78 is 0. The van der Waals surface area contributed by atoms with E-state index >= 15 is 0 Å². The lowest BCUT2D eigenvalue weighted by Gasteiger charge is -1.85. The van der Waals surface area contributed by atoms with Crippen LogP contribution >= 0.6 is 0 Å².